The van der Waals surface area contributed by atoms with Crippen molar-refractivity contribution in [3.63, 3.8) is 0 Å². The van der Waals surface area contributed by atoms with Crippen molar-refractivity contribution in [2.75, 3.05) is 0 Å². The van der Waals surface area contributed by atoms with Crippen LogP contribution in [0.2, 0.25) is 5.15 Å². The van der Waals surface area contributed by atoms with E-state index in [9.17, 15) is 19.5 Å². The minimum atomic E-state index is -1.60. The number of aliphatic hydroxyl groups excluding tert-OH is 1. The second-order valence-corrected chi connectivity index (χ2v) is 8.45. The van der Waals surface area contributed by atoms with Gasteiger partial charge in [-0.25, -0.2) is 9.78 Å². The highest BCUT2D eigenvalue weighted by molar-refractivity contribution is 6.29. The van der Waals surface area contributed by atoms with E-state index in [1.165, 1.54) is 31.5 Å². The third-order valence-corrected chi connectivity index (χ3v) is 5.50. The lowest BCUT2D eigenvalue weighted by Gasteiger charge is -2.37. The second kappa shape index (κ2) is 6.67. The third-order valence-electron chi connectivity index (χ3n) is 5.27. The molecule has 3 aliphatic rings. The molecule has 1 unspecified atom stereocenters. The van der Waals surface area contributed by atoms with Crippen LogP contribution in [0.1, 0.15) is 37.6 Å². The maximum atomic E-state index is 13.1. The van der Waals surface area contributed by atoms with Crippen molar-refractivity contribution in [3.8, 4) is 0 Å². The lowest BCUT2D eigenvalue weighted by atomic mass is 9.74. The zero-order chi connectivity index (χ0) is 21.8. The number of aliphatic hydroxyl groups is 1. The molecule has 1 aliphatic carbocycles. The molecule has 1 N–H and O–H groups in total. The predicted octanol–water partition coefficient (Wildman–Crippen LogP) is 3.56. The van der Waals surface area contributed by atoms with E-state index in [0.717, 1.165) is 6.08 Å². The molecule has 3 heterocycles. The van der Waals surface area contributed by atoms with Gasteiger partial charge in [0, 0.05) is 29.8 Å². The van der Waals surface area contributed by atoms with Crippen molar-refractivity contribution >= 4 is 29.1 Å². The smallest absolute Gasteiger partial charge is 0.343 e. The largest absolute Gasteiger partial charge is 0.507 e. The normalized spacial score (nSPS) is 25.0. The molecule has 30 heavy (non-hydrogen) atoms. The molecule has 0 fully saturated rings. The fourth-order valence-electron chi connectivity index (χ4n) is 3.71. The van der Waals surface area contributed by atoms with Gasteiger partial charge in [-0.1, -0.05) is 11.6 Å². The zero-order valence-electron chi connectivity index (χ0n) is 16.5. The van der Waals surface area contributed by atoms with Gasteiger partial charge in [0.05, 0.1) is 11.8 Å². The monoisotopic (exact) mass is 427 g/mol. The number of ketones is 2. The standard InChI is InChI=1S/C22H18ClNO6/c1-21(2)8-12-6-14-18(16(26)7-15(25)11-4-5-17(23)24-9-11)20(28)30-22(14,3)19(27)13(12)10-29-21/h4-7,9-10,26H,8H2,1-3H3/b16-7-. The molecule has 1 aromatic rings. The topological polar surface area (TPSA) is 103 Å². The Hall–Kier alpha value is -3.19. The highest BCUT2D eigenvalue weighted by Gasteiger charge is 2.54. The summed E-state index contributed by atoms with van der Waals surface area (Å²) in [6, 6.07) is 2.89. The number of nitrogens with zero attached hydrogens (tertiary/aromatic N) is 1. The summed E-state index contributed by atoms with van der Waals surface area (Å²) in [5, 5.41) is 10.8. The van der Waals surface area contributed by atoms with Crippen molar-refractivity contribution in [2.45, 2.75) is 38.4 Å². The van der Waals surface area contributed by atoms with Crippen LogP contribution in [0.25, 0.3) is 0 Å². The Labute approximate surface area is 177 Å². The van der Waals surface area contributed by atoms with Crippen LogP contribution in [0.15, 0.2) is 64.8 Å². The van der Waals surface area contributed by atoms with Gasteiger partial charge in [-0.2, -0.15) is 0 Å². The summed E-state index contributed by atoms with van der Waals surface area (Å²) in [6.07, 6.45) is 5.65. The van der Waals surface area contributed by atoms with Gasteiger partial charge in [0.2, 0.25) is 5.78 Å². The van der Waals surface area contributed by atoms with Gasteiger partial charge in [-0.15, -0.1) is 0 Å². The predicted molar refractivity (Wildman–Crippen MR) is 107 cm³/mol. The Kier molecular flexibility index (Phi) is 4.47. The molecule has 0 aromatic carbocycles. The van der Waals surface area contributed by atoms with Crippen LogP contribution in [0, 0.1) is 0 Å². The fourth-order valence-corrected chi connectivity index (χ4v) is 3.82. The molecule has 1 atom stereocenters. The lowest BCUT2D eigenvalue weighted by Crippen LogP contribution is -2.43. The number of allylic oxidation sites excluding steroid dienone is 1. The summed E-state index contributed by atoms with van der Waals surface area (Å²) in [6.45, 7) is 5.21. The van der Waals surface area contributed by atoms with E-state index < -0.39 is 34.5 Å². The molecule has 0 spiro atoms. The SMILES string of the molecule is CC1(C)CC2=CC3=C(/C(O)=C/C(=O)c4ccc(Cl)nc4)C(=O)OC3(C)C(=O)C2=CO1. The van der Waals surface area contributed by atoms with Gasteiger partial charge < -0.3 is 14.6 Å². The van der Waals surface area contributed by atoms with Crippen LogP contribution in [0.3, 0.4) is 0 Å². The van der Waals surface area contributed by atoms with E-state index in [1.54, 1.807) is 6.08 Å². The number of fused-ring (bicyclic) bond motifs is 2. The van der Waals surface area contributed by atoms with Crippen molar-refractivity contribution in [3.05, 3.63) is 75.5 Å². The first-order chi connectivity index (χ1) is 14.0. The quantitative estimate of drug-likeness (QED) is 0.258. The van der Waals surface area contributed by atoms with Crippen molar-refractivity contribution in [1.29, 1.82) is 0 Å². The first-order valence-electron chi connectivity index (χ1n) is 9.20. The first kappa shape index (κ1) is 20.1. The number of carbonyl (C=O) groups is 3. The number of Topliss-reactive ketones (excluding diaryl/α,β-unsaturated/α-hetero) is 1. The van der Waals surface area contributed by atoms with Gasteiger partial charge in [0.1, 0.15) is 22.1 Å². The van der Waals surface area contributed by atoms with Crippen molar-refractivity contribution < 1.29 is 29.0 Å². The number of carbonyl (C=O) groups excluding carboxylic acids is 3. The lowest BCUT2D eigenvalue weighted by molar-refractivity contribution is -0.153. The molecule has 0 bridgehead atoms. The summed E-state index contributed by atoms with van der Waals surface area (Å²) in [4.78, 5) is 41.9. The first-order valence-corrected chi connectivity index (χ1v) is 9.58. The number of ether oxygens (including phenoxy) is 2. The molecule has 0 saturated carbocycles. The Morgan fingerprint density at radius 3 is 2.67 bits per heavy atom. The highest BCUT2D eigenvalue weighted by atomic mass is 35.5. The molecule has 0 amide bonds. The second-order valence-electron chi connectivity index (χ2n) is 8.06. The van der Waals surface area contributed by atoms with E-state index >= 15 is 0 Å². The van der Waals surface area contributed by atoms with Crippen LogP contribution < -0.4 is 0 Å². The van der Waals surface area contributed by atoms with E-state index in [2.05, 4.69) is 4.98 Å². The molecule has 0 radical (unpaired) electrons. The zero-order valence-corrected chi connectivity index (χ0v) is 17.2. The molecule has 154 valence electrons. The number of halogens is 1. The number of hydrogen-bond donors (Lipinski definition) is 1. The highest BCUT2D eigenvalue weighted by Crippen LogP contribution is 2.46. The van der Waals surface area contributed by atoms with Crippen LogP contribution in [0.4, 0.5) is 0 Å². The maximum absolute atomic E-state index is 13.1. The minimum Gasteiger partial charge on any atom is -0.507 e. The van der Waals surface area contributed by atoms with E-state index in [0.29, 0.717) is 17.6 Å². The van der Waals surface area contributed by atoms with Crippen LogP contribution in [-0.2, 0) is 19.1 Å². The van der Waals surface area contributed by atoms with Gasteiger partial charge >= 0.3 is 5.97 Å². The van der Waals surface area contributed by atoms with Gasteiger partial charge in [0.25, 0.3) is 0 Å². The molecule has 2 aliphatic heterocycles. The Morgan fingerprint density at radius 1 is 1.27 bits per heavy atom. The molecule has 7 nitrogen and oxygen atoms in total. The molecule has 0 saturated heterocycles. The summed E-state index contributed by atoms with van der Waals surface area (Å²) in [5.74, 6) is -2.47. The van der Waals surface area contributed by atoms with Crippen LogP contribution in [-0.4, -0.2) is 38.8 Å². The van der Waals surface area contributed by atoms with Crippen LogP contribution >= 0.6 is 11.6 Å². The number of hydrogen-bond acceptors (Lipinski definition) is 7. The van der Waals surface area contributed by atoms with Crippen molar-refractivity contribution in [1.82, 2.24) is 4.98 Å². The number of aromatic nitrogens is 1. The van der Waals surface area contributed by atoms with Gasteiger partial charge in [0.15, 0.2) is 11.4 Å². The molecule has 1 aromatic heterocycles. The molecule has 8 heteroatoms. The van der Waals surface area contributed by atoms with E-state index in [4.69, 9.17) is 21.1 Å². The van der Waals surface area contributed by atoms with E-state index in [1.807, 2.05) is 13.8 Å². The minimum absolute atomic E-state index is 0.181. The third kappa shape index (κ3) is 3.15. The average molecular weight is 428 g/mol. The summed E-state index contributed by atoms with van der Waals surface area (Å²) in [7, 11) is 0. The Bertz CT molecular complexity index is 1120. The Balaban J connectivity index is 1.80. The fraction of sp³-hybridized carbons (Fsp3) is 0.273. The molecular weight excluding hydrogens is 410 g/mol. The molecule has 4 rings (SSSR count). The molecular formula is C22H18ClNO6. The summed E-state index contributed by atoms with van der Waals surface area (Å²) >= 11 is 5.72. The van der Waals surface area contributed by atoms with Crippen molar-refractivity contribution in [2.24, 2.45) is 0 Å². The van der Waals surface area contributed by atoms with Gasteiger partial charge in [-0.3, -0.25) is 9.59 Å². The Morgan fingerprint density at radius 2 is 2.00 bits per heavy atom. The summed E-state index contributed by atoms with van der Waals surface area (Å²) in [5.41, 5.74) is -0.917. The summed E-state index contributed by atoms with van der Waals surface area (Å²) < 4.78 is 11.0. The van der Waals surface area contributed by atoms with E-state index in [-0.39, 0.29) is 21.9 Å². The number of rotatable bonds is 3. The maximum Gasteiger partial charge on any atom is 0.343 e. The van der Waals surface area contributed by atoms with Gasteiger partial charge in [-0.05, 0) is 44.6 Å². The average Bonchev–Trinajstić information content (AvgIpc) is 2.92. The van der Waals surface area contributed by atoms with Crippen LogP contribution in [0.5, 0.6) is 0 Å². The number of pyridine rings is 1. The number of esters is 1.